The molecule has 0 aromatic carbocycles. The topological polar surface area (TPSA) is 197 Å². The van der Waals surface area contributed by atoms with Crippen molar-refractivity contribution in [2.45, 2.75) is 114 Å². The van der Waals surface area contributed by atoms with Crippen LogP contribution in [0.2, 0.25) is 0 Å². The molecule has 4 aromatic rings. The first-order valence-electron chi connectivity index (χ1n) is 29.9. The smallest absolute Gasteiger partial charge is 0.204 e. The first-order valence-corrected chi connectivity index (χ1v) is 29.9. The normalized spacial score (nSPS) is 13.1. The van der Waals surface area contributed by atoms with Crippen LogP contribution < -0.4 is 4.57 Å². The van der Waals surface area contributed by atoms with Gasteiger partial charge in [0, 0.05) is 112 Å². The number of rotatable bonds is 23. The summed E-state index contributed by atoms with van der Waals surface area (Å²) in [6, 6.07) is 19.8. The van der Waals surface area contributed by atoms with Crippen LogP contribution in [0.25, 0.3) is 16.2 Å². The second-order valence-electron chi connectivity index (χ2n) is 22.4. The number of allylic oxidation sites excluding steroid dienone is 3. The second-order valence-corrected chi connectivity index (χ2v) is 22.4. The summed E-state index contributed by atoms with van der Waals surface area (Å²) >= 11 is 0. The van der Waals surface area contributed by atoms with E-state index in [0.29, 0.717) is 31.7 Å². The highest BCUT2D eigenvalue weighted by Crippen LogP contribution is 2.28. The molecule has 0 radical (unpaired) electrons. The van der Waals surface area contributed by atoms with Gasteiger partial charge in [0.15, 0.2) is 11.5 Å². The summed E-state index contributed by atoms with van der Waals surface area (Å²) in [5.41, 5.74) is 16.9. The minimum atomic E-state index is 0.0938. The van der Waals surface area contributed by atoms with Crippen molar-refractivity contribution in [3.8, 4) is 0 Å². The summed E-state index contributed by atoms with van der Waals surface area (Å²) < 4.78 is 19.0. The van der Waals surface area contributed by atoms with Gasteiger partial charge < -0.3 is 52.5 Å². The Morgan fingerprint density at radius 2 is 1.35 bits per heavy atom. The Balaban J connectivity index is 0.00000108. The van der Waals surface area contributed by atoms with Gasteiger partial charge in [-0.15, -0.1) is 10.2 Å². The summed E-state index contributed by atoms with van der Waals surface area (Å²) in [7, 11) is 26.5. The van der Waals surface area contributed by atoms with E-state index in [4.69, 9.17) is 0 Å². The molecule has 502 valence electrons. The summed E-state index contributed by atoms with van der Waals surface area (Å²) in [5.74, 6) is 2.90. The quantitative estimate of drug-likeness (QED) is 0.0178. The highest BCUT2D eigenvalue weighted by atomic mass is 15.4. The number of hydrogen-bond acceptors (Lipinski definition) is 10. The second kappa shape index (κ2) is 42.8. The van der Waals surface area contributed by atoms with Gasteiger partial charge in [0.25, 0.3) is 0 Å². The van der Waals surface area contributed by atoms with E-state index in [-0.39, 0.29) is 5.54 Å². The Labute approximate surface area is 548 Å². The molecule has 4 aromatic heterocycles. The summed E-state index contributed by atoms with van der Waals surface area (Å²) in [6.45, 7) is 46.9. The van der Waals surface area contributed by atoms with Crippen LogP contribution in [0.5, 0.6) is 0 Å². The number of nitrogens with zero attached hydrogens (tertiary/aromatic N) is 24. The first-order chi connectivity index (χ1) is 42.6. The molecular weight excluding hydrogens is 1140 g/mol. The Kier molecular flexibility index (Phi) is 38.5. The molecule has 0 amide bonds. The van der Waals surface area contributed by atoms with E-state index in [9.17, 15) is 0 Å². The van der Waals surface area contributed by atoms with E-state index in [1.165, 1.54) is 45.7 Å². The Morgan fingerprint density at radius 1 is 0.736 bits per heavy atom. The minimum Gasteiger partial charge on any atom is -0.665 e. The number of azo groups is 2. The Morgan fingerprint density at radius 3 is 1.86 bits per heavy atom. The monoisotopic (exact) mass is 1250 g/mol. The molecular formula is C67H114N24. The standard InChI is InChI=1S/C16H22N4.C12H16N6.C12H22N4.C10H18N2.C9H20N2.C8H16N6/c1-13(17-3)15-8-6-10-19(15)12-20-11-7-9-16(20)14(2)18(4)5;1-13-14-11-6-4-8-17(11)10-18-9-5-7-12(18)15-16(2)3;1-9(13-5)10(2)14-8-15-11(3)12(4)16(6)7;1-11(2)9-7-5-6-8-10(9)12(3)4;1-8(10(4)5)9(2,3)11(6)7;1-7(12-9-3)10-6-11-8(2)13-14(4)5/h6-11H,4,12H2,1-3,5H3;4-9H,2,10H2,1,3H3;6,8H2,1-5,7H3;8H,1,5-7H2,2-4H3;4H2,1-3,5-7H3;4,6H2,1-3,5H3. The first kappa shape index (κ1) is 81.9. The zero-order valence-electron chi connectivity index (χ0n) is 60.4. The van der Waals surface area contributed by atoms with Crippen molar-refractivity contribution in [1.29, 1.82) is 0 Å². The minimum absolute atomic E-state index is 0.0938. The maximum absolute atomic E-state index is 4.36. The highest BCUT2D eigenvalue weighted by molar-refractivity contribution is 6.40. The van der Waals surface area contributed by atoms with Crippen molar-refractivity contribution in [1.82, 2.24) is 23.5 Å². The predicted molar refractivity (Wildman–Crippen MR) is 385 cm³/mol. The molecule has 0 fully saturated rings. The van der Waals surface area contributed by atoms with Crippen LogP contribution in [0.4, 0.5) is 11.6 Å². The van der Waals surface area contributed by atoms with E-state index < -0.39 is 0 Å². The lowest BCUT2D eigenvalue weighted by Gasteiger charge is -2.40. The van der Waals surface area contributed by atoms with Crippen LogP contribution in [0.15, 0.2) is 142 Å². The third-order valence-electron chi connectivity index (χ3n) is 14.5. The van der Waals surface area contributed by atoms with Crippen LogP contribution in [0, 0.1) is 18.1 Å². The van der Waals surface area contributed by atoms with Crippen LogP contribution in [-0.4, -0.2) is 238 Å². The summed E-state index contributed by atoms with van der Waals surface area (Å²) in [5, 5.41) is 19.5. The lowest BCUT2D eigenvalue weighted by molar-refractivity contribution is -0.711. The molecule has 1 aliphatic rings. The number of amidine groups is 2. The average Bonchev–Trinajstić information content (AvgIpc) is 1.96. The molecule has 0 atom stereocenters. The molecule has 5 rings (SSSR count). The van der Waals surface area contributed by atoms with Gasteiger partial charge in [0.05, 0.1) is 40.6 Å². The van der Waals surface area contributed by atoms with E-state index >= 15 is 0 Å². The molecule has 0 saturated carbocycles. The van der Waals surface area contributed by atoms with Crippen LogP contribution in [0.1, 0.15) is 107 Å². The number of hydrogen-bond donors (Lipinski definition) is 0. The van der Waals surface area contributed by atoms with Gasteiger partial charge in [-0.25, -0.2) is 27.6 Å². The molecule has 0 N–H and O–H groups in total. The van der Waals surface area contributed by atoms with Crippen molar-refractivity contribution in [2.75, 3.05) is 112 Å². The molecule has 0 spiro atoms. The molecule has 0 aliphatic heterocycles. The van der Waals surface area contributed by atoms with Crippen molar-refractivity contribution >= 4 is 80.7 Å². The Bertz CT molecular complexity index is 3220. The predicted octanol–water partition coefficient (Wildman–Crippen LogP) is 11.1. The molecule has 4 heterocycles. The van der Waals surface area contributed by atoms with Crippen molar-refractivity contribution < 1.29 is 32.2 Å². The van der Waals surface area contributed by atoms with Gasteiger partial charge in [-0.05, 0) is 111 Å². The van der Waals surface area contributed by atoms with Gasteiger partial charge in [-0.1, -0.05) is 64.6 Å². The van der Waals surface area contributed by atoms with Gasteiger partial charge in [-0.3, -0.25) is 19.5 Å². The largest absolute Gasteiger partial charge is 0.665 e. The maximum Gasteiger partial charge on any atom is 0.204 e. The fraction of sp³-hybridized carbons (Fsp3) is 0.493. The molecule has 0 saturated heterocycles. The molecule has 24 nitrogen and oxygen atoms in total. The zero-order valence-corrected chi connectivity index (χ0v) is 60.4. The summed E-state index contributed by atoms with van der Waals surface area (Å²) in [6.07, 6.45) is 14.0. The van der Waals surface area contributed by atoms with Crippen molar-refractivity contribution in [3.63, 3.8) is 0 Å². The lowest BCUT2D eigenvalue weighted by atomic mass is 9.94. The van der Waals surface area contributed by atoms with Crippen LogP contribution >= 0.6 is 0 Å². The molecule has 91 heavy (non-hydrogen) atoms. The number of likely N-dealkylation sites (N-methyl/N-ethyl adjacent to an activating group) is 4. The molecule has 0 unspecified atom stereocenters. The average molecular weight is 1260 g/mol. The highest BCUT2D eigenvalue weighted by Gasteiger charge is 2.27. The number of aromatic nitrogens is 4. The molecule has 0 bridgehead atoms. The fourth-order valence-corrected chi connectivity index (χ4v) is 7.86. The Hall–Kier alpha value is -9.06. The van der Waals surface area contributed by atoms with E-state index in [1.54, 1.807) is 53.7 Å². The van der Waals surface area contributed by atoms with E-state index in [0.717, 1.165) is 65.0 Å². The van der Waals surface area contributed by atoms with Crippen LogP contribution in [0.3, 0.4) is 0 Å². The fourth-order valence-electron chi connectivity index (χ4n) is 7.86. The van der Waals surface area contributed by atoms with Crippen LogP contribution in [-0.2, 0) is 13.3 Å². The summed E-state index contributed by atoms with van der Waals surface area (Å²) in [4.78, 5) is 25.1. The lowest BCUT2D eigenvalue weighted by Crippen LogP contribution is -2.46. The SMILES string of the molecule is C=[N+](C)C(C)=C(C)[N-]CN=C(C)C(C)=NC.C=[N+](C)[C-](C)C(C)(C)N(C)C.C=[N+](C)[C-](C)[c-]1ccc[n+]1Cn1cccc1C(C)=NC.C=[N+](C)[C-]1CCCC=C1N(C)C.C=[N+](C)[N-]C(C)=NCN=C(C)N=NC.C=[N+](C)[N-]c1cccn1Cn1cccc1N=NC. The van der Waals surface area contributed by atoms with Gasteiger partial charge >= 0.3 is 0 Å². The third kappa shape index (κ3) is 30.8. The van der Waals surface area contributed by atoms with Crippen molar-refractivity contribution in [2.24, 2.45) is 45.4 Å². The molecule has 24 heteroatoms. The third-order valence-corrected chi connectivity index (χ3v) is 14.5. The molecule has 1 aliphatic carbocycles. The van der Waals surface area contributed by atoms with Gasteiger partial charge in [0.1, 0.15) is 68.3 Å². The van der Waals surface area contributed by atoms with Crippen molar-refractivity contribution in [3.05, 3.63) is 142 Å². The van der Waals surface area contributed by atoms with Gasteiger partial charge in [0.2, 0.25) is 6.67 Å². The van der Waals surface area contributed by atoms with E-state index in [2.05, 4.69) is 219 Å². The van der Waals surface area contributed by atoms with E-state index in [1.807, 2.05) is 129 Å². The number of aliphatic imine (C=N–C) groups is 5. The van der Waals surface area contributed by atoms with Gasteiger partial charge in [-0.2, -0.15) is 25.7 Å². The zero-order chi connectivity index (χ0) is 69.7. The maximum atomic E-state index is 4.36.